The highest BCUT2D eigenvalue weighted by Crippen LogP contribution is 2.57. The van der Waals surface area contributed by atoms with Crippen molar-refractivity contribution in [3.05, 3.63) is 58.3 Å². The lowest BCUT2D eigenvalue weighted by molar-refractivity contribution is -0.0617. The molecule has 0 aliphatic carbocycles. The fourth-order valence-corrected chi connectivity index (χ4v) is 16.1. The second-order valence-corrected chi connectivity index (χ2v) is 31.3. The predicted molar refractivity (Wildman–Crippen MR) is 309 cm³/mol. The fraction of sp³-hybridized carbons (Fsp3) is 0.500. The van der Waals surface area contributed by atoms with Crippen molar-refractivity contribution < 1.29 is 92.3 Å². The van der Waals surface area contributed by atoms with Gasteiger partial charge in [-0.3, -0.25) is 51.4 Å². The summed E-state index contributed by atoms with van der Waals surface area (Å²) in [6.45, 7) is -20.1. The lowest BCUT2D eigenvalue weighted by atomic mass is 10.1. The Morgan fingerprint density at radius 3 is 1.42 bits per heavy atom. The van der Waals surface area contributed by atoms with E-state index in [1.807, 2.05) is 0 Å². The van der Waals surface area contributed by atoms with Crippen molar-refractivity contribution in [3.63, 3.8) is 0 Å². The molecule has 14 heterocycles. The van der Waals surface area contributed by atoms with E-state index in [1.54, 1.807) is 0 Å². The van der Waals surface area contributed by atoms with Crippen molar-refractivity contribution in [2.45, 2.75) is 98.4 Å². The molecule has 90 heavy (non-hydrogen) atoms. The lowest BCUT2D eigenvalue weighted by Gasteiger charge is -2.27. The van der Waals surface area contributed by atoms with E-state index < -0.39 is 163 Å². The number of pyridine rings is 1. The van der Waals surface area contributed by atoms with Crippen LogP contribution < -0.4 is 34.1 Å². The molecule has 6 fully saturated rings. The van der Waals surface area contributed by atoms with E-state index in [4.69, 9.17) is 125 Å². The SMILES string of the molecule is Nc1nc2c(ncn2[C@@H]2O[C@@H]3COP(O)(=S)O[C@H]4[C@H](F)[C@H](n5cnc6c(N)ccnc65)O[C@@H]4COP(O)(=S)O[C@@H]2[C@@H]3F)c(=O)[nH]1.Nc1nc2c(ncn2[C@@H]2O[C@@H]3COP(O)(=S)O[C@H]4[C@H](F)[C@H](n5nnc6c(N)ncnc65)O[C@@H]4COP(O)(=S)O[C@@H]2[C@@H]3F)c(=O)[nH]1. The Morgan fingerprint density at radius 2 is 0.922 bits per heavy atom. The minimum Gasteiger partial charge on any atom is -0.397 e. The fourth-order valence-electron chi connectivity index (χ4n) is 10.4. The molecule has 8 aromatic rings. The largest absolute Gasteiger partial charge is 0.397 e. The predicted octanol–water partition coefficient (Wildman–Crippen LogP) is -0.309. The molecule has 8 aromatic heterocycles. The third-order valence-electron chi connectivity index (χ3n) is 14.4. The second kappa shape index (κ2) is 23.9. The first-order valence-electron chi connectivity index (χ1n) is 25.8. The Bertz CT molecular complexity index is 4180. The smallest absolute Gasteiger partial charge is 0.325 e. The van der Waals surface area contributed by atoms with Crippen molar-refractivity contribution in [1.29, 1.82) is 0 Å². The van der Waals surface area contributed by atoms with Crippen LogP contribution in [0.1, 0.15) is 24.9 Å². The van der Waals surface area contributed by atoms with Gasteiger partial charge in [0, 0.05) is 6.20 Å². The molecule has 4 bridgehead atoms. The monoisotopic (exact) mass is 1420 g/mol. The van der Waals surface area contributed by atoms with E-state index in [-0.39, 0.29) is 56.9 Å². The number of fused-ring (bicyclic) bond motifs is 10. The number of alkyl halides is 4. The average molecular weight is 1420 g/mol. The van der Waals surface area contributed by atoms with Crippen LogP contribution in [-0.4, -0.2) is 198 Å². The normalized spacial score (nSPS) is 37.7. The number of hydrogen-bond acceptors (Lipinski definition) is 32. The molecule has 6 saturated heterocycles. The molecule has 6 aliphatic rings. The van der Waals surface area contributed by atoms with Crippen LogP contribution in [0.4, 0.5) is 41.0 Å². The highest BCUT2D eigenvalue weighted by molar-refractivity contribution is 8.08. The number of halogens is 4. The number of nitrogens with zero attached hydrogens (tertiary/aromatic N) is 14. The maximum Gasteiger partial charge on any atom is 0.325 e. The maximum atomic E-state index is 16.0. The molecule has 50 heteroatoms. The van der Waals surface area contributed by atoms with Gasteiger partial charge in [-0.05, 0) is 53.3 Å². The number of anilines is 4. The van der Waals surface area contributed by atoms with Crippen LogP contribution >= 0.6 is 26.9 Å². The summed E-state index contributed by atoms with van der Waals surface area (Å²) >= 11 is 20.6. The number of nitrogen functional groups attached to an aromatic ring is 4. The number of imidazole rings is 3. The number of nitrogens with two attached hydrogens (primary N) is 4. The summed E-state index contributed by atoms with van der Waals surface area (Å²) in [4.78, 5) is 105. The van der Waals surface area contributed by atoms with E-state index in [1.165, 1.54) is 23.2 Å². The molecule has 6 aliphatic heterocycles. The van der Waals surface area contributed by atoms with Crippen LogP contribution in [-0.2, 0) is 102 Å². The minimum absolute atomic E-state index is 0.0183. The Hall–Kier alpha value is -5.32. The van der Waals surface area contributed by atoms with Gasteiger partial charge >= 0.3 is 26.9 Å². The molecular weight excluding hydrogens is 1380 g/mol. The quantitative estimate of drug-likeness (QED) is 0.0798. The maximum absolute atomic E-state index is 16.0. The highest BCUT2D eigenvalue weighted by atomic mass is 32.5. The molecule has 14 N–H and O–H groups in total. The van der Waals surface area contributed by atoms with Gasteiger partial charge in [-0.15, -0.1) is 5.10 Å². The zero-order valence-electron chi connectivity index (χ0n) is 44.5. The minimum atomic E-state index is -4.36. The molecule has 4 unspecified atom stereocenters. The van der Waals surface area contributed by atoms with Gasteiger partial charge in [0.2, 0.25) is 11.9 Å². The number of ether oxygens (including phenoxy) is 4. The van der Waals surface area contributed by atoms with Crippen molar-refractivity contribution in [3.8, 4) is 0 Å². The Kier molecular flexibility index (Phi) is 16.9. The summed E-state index contributed by atoms with van der Waals surface area (Å²) in [6.07, 6.45) is -20.5. The molecule has 0 amide bonds. The van der Waals surface area contributed by atoms with Gasteiger partial charge in [-0.25, -0.2) is 47.5 Å². The van der Waals surface area contributed by atoms with Gasteiger partial charge in [0.05, 0.1) is 51.1 Å². The molecular formula is C40H44F4N20O18P4S4. The van der Waals surface area contributed by atoms with E-state index >= 15 is 17.6 Å². The van der Waals surface area contributed by atoms with Crippen molar-refractivity contribution in [2.24, 2.45) is 0 Å². The summed E-state index contributed by atoms with van der Waals surface area (Å²) in [7, 11) is 0. The Labute approximate surface area is 516 Å². The molecule has 0 radical (unpaired) electrons. The number of hydrogen-bond donors (Lipinski definition) is 10. The number of aromatic amines is 2. The van der Waals surface area contributed by atoms with Crippen LogP contribution in [0, 0.1) is 0 Å². The first-order chi connectivity index (χ1) is 42.6. The molecule has 20 atom stereocenters. The summed E-state index contributed by atoms with van der Waals surface area (Å²) in [5.41, 5.74) is 22.2. The average Bonchev–Trinajstić information content (AvgIpc) is 1.81. The van der Waals surface area contributed by atoms with Gasteiger partial charge in [-0.2, -0.15) is 14.6 Å². The summed E-state index contributed by atoms with van der Waals surface area (Å²) in [6, 6.07) is 1.52. The Balaban J connectivity index is 0.000000165. The van der Waals surface area contributed by atoms with Gasteiger partial charge in [0.15, 0.2) is 94.6 Å². The summed E-state index contributed by atoms with van der Waals surface area (Å²) in [5, 5.41) is 7.72. The number of rotatable bonds is 4. The van der Waals surface area contributed by atoms with E-state index in [0.717, 1.165) is 32.8 Å². The van der Waals surface area contributed by atoms with Gasteiger partial charge in [0.25, 0.3) is 11.1 Å². The van der Waals surface area contributed by atoms with Crippen LogP contribution in [0.2, 0.25) is 0 Å². The molecule has 0 saturated carbocycles. The third kappa shape index (κ3) is 12.0. The van der Waals surface area contributed by atoms with Crippen molar-refractivity contribution >= 4 is 142 Å². The standard InChI is InChI=1S/C21H23F2N9O9P2S2.C19H21F2N11O9P2S2/c22-10-8-3-36-42(34,44)40-14-9(39-19(11(14)23)31-5-27-12-7(24)1-2-26-16(12)31)4-37-43(35,45)41-15(10)20(38-8)32-6-28-13-17(32)29-21(25)30-18(13)33;20-7-5-1-36-42(34,44)40-11-6(39-17(8(11)21)32-14-9(29-30-32)13(22)24-3-25-14)2-37-43(35,45)41-12(7)18(38-5)31-4-26-10-15(31)27-19(23)28-16(10)33/h1-2,5-6,8-11,14-15,19-20H,3-4H2,(H2,24,26)(H,34,44)(H,35,45)(H3,25,29,30,33);3-8,11-12,17-18H,1-2H2,(H,34,44)(H,35,45)(H2,22,24,25)(H3,23,27,28,33)/t8-,9-,10-,11+,14-,15-,19-,20-,42?,43?;5-,6-,7-,8+,11-,12-,17-,18-,42?,43?/m11/s1. The Morgan fingerprint density at radius 1 is 0.500 bits per heavy atom. The zero-order chi connectivity index (χ0) is 63.7. The molecule has 484 valence electrons. The second-order valence-electron chi connectivity index (χ2n) is 20.1. The third-order valence-corrected chi connectivity index (χ3v) is 20.7. The molecule has 14 rings (SSSR count). The summed E-state index contributed by atoms with van der Waals surface area (Å²) in [5.74, 6) is -0.534. The summed E-state index contributed by atoms with van der Waals surface area (Å²) < 4.78 is 135. The number of H-pyrrole nitrogens is 2. The first-order valence-corrected chi connectivity index (χ1v) is 36.1. The van der Waals surface area contributed by atoms with Crippen LogP contribution in [0.5, 0.6) is 0 Å². The van der Waals surface area contributed by atoms with Crippen molar-refractivity contribution in [2.75, 3.05) is 49.4 Å². The van der Waals surface area contributed by atoms with Gasteiger partial charge in [0.1, 0.15) is 60.7 Å². The van der Waals surface area contributed by atoms with Crippen LogP contribution in [0.3, 0.4) is 0 Å². The van der Waals surface area contributed by atoms with Crippen LogP contribution in [0.15, 0.2) is 47.2 Å². The van der Waals surface area contributed by atoms with Gasteiger partial charge < -0.3 is 79.6 Å². The first kappa shape index (κ1) is 63.4. The topological polar surface area (TPSA) is 510 Å². The lowest BCUT2D eigenvalue weighted by Crippen LogP contribution is -2.34. The van der Waals surface area contributed by atoms with Gasteiger partial charge in [-0.1, -0.05) is 5.21 Å². The van der Waals surface area contributed by atoms with E-state index in [0.29, 0.717) is 11.2 Å². The molecule has 0 aromatic carbocycles. The van der Waals surface area contributed by atoms with E-state index in [9.17, 15) is 29.2 Å². The highest BCUT2D eigenvalue weighted by Gasteiger charge is 2.56. The van der Waals surface area contributed by atoms with E-state index in [2.05, 4.69) is 60.2 Å². The molecule has 0 spiro atoms. The zero-order valence-corrected chi connectivity index (χ0v) is 51.4. The number of aromatic nitrogens is 16. The molecule has 38 nitrogen and oxygen atoms in total. The van der Waals surface area contributed by atoms with Crippen LogP contribution in [0.25, 0.3) is 44.7 Å². The number of nitrogens with one attached hydrogen (secondary N) is 2. The van der Waals surface area contributed by atoms with Crippen molar-refractivity contribution in [1.82, 2.24) is 78.5 Å².